The lowest BCUT2D eigenvalue weighted by atomic mass is 9.71. The molecule has 2 aliphatic carbocycles. The molecule has 4 heteroatoms. The number of rotatable bonds is 2. The maximum Gasteiger partial charge on any atom is 0.235 e. The molecule has 3 rings (SSSR count). The van der Waals surface area contributed by atoms with Crippen molar-refractivity contribution in [3.05, 3.63) is 27.8 Å². The van der Waals surface area contributed by atoms with Gasteiger partial charge < -0.3 is 5.11 Å². The molecule has 1 aromatic carbocycles. The molecule has 18 heavy (non-hydrogen) atoms. The summed E-state index contributed by atoms with van der Waals surface area (Å²) in [6, 6.07) is 1.99. The summed E-state index contributed by atoms with van der Waals surface area (Å²) >= 11 is 6.24. The third kappa shape index (κ3) is 1.51. The fourth-order valence-electron chi connectivity index (χ4n) is 3.08. The summed E-state index contributed by atoms with van der Waals surface area (Å²) in [4.78, 5) is 14.5. The van der Waals surface area contributed by atoms with Crippen LogP contribution in [-0.2, 0) is 23.2 Å². The Bertz CT molecular complexity index is 557. The van der Waals surface area contributed by atoms with Gasteiger partial charge in [0.15, 0.2) is 0 Å². The molecule has 1 saturated carbocycles. The Morgan fingerprint density at radius 2 is 2.11 bits per heavy atom. The first kappa shape index (κ1) is 11.8. The summed E-state index contributed by atoms with van der Waals surface area (Å²) in [5.41, 5.74) is 2.39. The lowest BCUT2D eigenvalue weighted by molar-refractivity contribution is 0.247. The van der Waals surface area contributed by atoms with Crippen molar-refractivity contribution in [2.75, 3.05) is 0 Å². The molecule has 0 unspecified atom stereocenters. The van der Waals surface area contributed by atoms with E-state index in [0.29, 0.717) is 10.6 Å². The number of benzene rings is 1. The number of fused-ring (bicyclic) bond motifs is 1. The zero-order chi connectivity index (χ0) is 12.8. The maximum atomic E-state index is 10.6. The van der Waals surface area contributed by atoms with Crippen LogP contribution < -0.4 is 0 Å². The van der Waals surface area contributed by atoms with E-state index in [1.54, 1.807) is 6.08 Å². The molecule has 2 aliphatic rings. The Kier molecular flexibility index (Phi) is 2.69. The number of carbonyl (C=O) groups excluding carboxylic acids is 1. The Morgan fingerprint density at radius 1 is 1.33 bits per heavy atom. The highest BCUT2D eigenvalue weighted by Gasteiger charge is 2.42. The molecular weight excluding hydrogens is 250 g/mol. The first-order valence-corrected chi connectivity index (χ1v) is 6.68. The molecule has 0 atom stereocenters. The average Bonchev–Trinajstić information content (AvgIpc) is 2.77. The van der Waals surface area contributed by atoms with E-state index in [9.17, 15) is 9.90 Å². The van der Waals surface area contributed by atoms with E-state index in [4.69, 9.17) is 11.6 Å². The van der Waals surface area contributed by atoms with Crippen LogP contribution in [0, 0.1) is 0 Å². The third-order valence-corrected chi connectivity index (χ3v) is 4.66. The number of aryl methyl sites for hydroxylation is 1. The highest BCUT2D eigenvalue weighted by Crippen LogP contribution is 2.51. The van der Waals surface area contributed by atoms with Crippen LogP contribution in [0.15, 0.2) is 11.1 Å². The van der Waals surface area contributed by atoms with Crippen molar-refractivity contribution in [3.8, 4) is 5.75 Å². The number of phenolic OH excluding ortho intramolecular Hbond substituents is 1. The molecule has 0 bridgehead atoms. The molecule has 0 aliphatic heterocycles. The summed E-state index contributed by atoms with van der Waals surface area (Å²) in [5.74, 6) is 0.107. The number of halogens is 1. The molecular formula is C14H14ClNO2. The molecule has 0 radical (unpaired) electrons. The number of phenols is 1. The van der Waals surface area contributed by atoms with Crippen molar-refractivity contribution < 1.29 is 9.90 Å². The zero-order valence-corrected chi connectivity index (χ0v) is 10.8. The number of aromatic hydroxyl groups is 1. The predicted octanol–water partition coefficient (Wildman–Crippen LogP) is 3.25. The van der Waals surface area contributed by atoms with Gasteiger partial charge in [0, 0.05) is 5.56 Å². The minimum atomic E-state index is -0.576. The van der Waals surface area contributed by atoms with Crippen LogP contribution >= 0.6 is 11.6 Å². The second-order valence-corrected chi connectivity index (χ2v) is 5.54. The Balaban J connectivity index is 2.18. The highest BCUT2D eigenvalue weighted by atomic mass is 35.5. The van der Waals surface area contributed by atoms with Gasteiger partial charge in [-0.05, 0) is 55.7 Å². The second kappa shape index (κ2) is 4.11. The summed E-state index contributed by atoms with van der Waals surface area (Å²) in [7, 11) is 0. The van der Waals surface area contributed by atoms with Gasteiger partial charge in [0.1, 0.15) is 11.3 Å². The minimum Gasteiger partial charge on any atom is -0.506 e. The molecule has 94 valence electrons. The van der Waals surface area contributed by atoms with Gasteiger partial charge in [-0.2, -0.15) is 4.99 Å². The van der Waals surface area contributed by atoms with Gasteiger partial charge in [0.2, 0.25) is 6.08 Å². The van der Waals surface area contributed by atoms with Crippen LogP contribution in [0.25, 0.3) is 0 Å². The van der Waals surface area contributed by atoms with Crippen LogP contribution in [0.5, 0.6) is 5.75 Å². The van der Waals surface area contributed by atoms with Crippen molar-refractivity contribution in [1.82, 2.24) is 0 Å². The van der Waals surface area contributed by atoms with Gasteiger partial charge in [0.05, 0.1) is 5.02 Å². The van der Waals surface area contributed by atoms with Crippen molar-refractivity contribution in [2.24, 2.45) is 4.99 Å². The Morgan fingerprint density at radius 3 is 2.72 bits per heavy atom. The van der Waals surface area contributed by atoms with Crippen molar-refractivity contribution in [3.63, 3.8) is 0 Å². The van der Waals surface area contributed by atoms with Crippen molar-refractivity contribution in [1.29, 1.82) is 0 Å². The van der Waals surface area contributed by atoms with E-state index < -0.39 is 5.54 Å². The number of nitrogens with zero attached hydrogens (tertiary/aromatic N) is 1. The summed E-state index contributed by atoms with van der Waals surface area (Å²) < 4.78 is 0. The predicted molar refractivity (Wildman–Crippen MR) is 68.8 cm³/mol. The molecule has 0 spiro atoms. The van der Waals surface area contributed by atoms with Crippen molar-refractivity contribution in [2.45, 2.75) is 44.1 Å². The summed E-state index contributed by atoms with van der Waals surface area (Å²) in [5, 5.41) is 10.7. The summed E-state index contributed by atoms with van der Waals surface area (Å²) in [6.07, 6.45) is 7.21. The Labute approximate surface area is 110 Å². The Hall–Kier alpha value is -1.31. The highest BCUT2D eigenvalue weighted by molar-refractivity contribution is 6.33. The normalized spacial score (nSPS) is 19.8. The standard InChI is InChI=1S/C14H14ClNO2/c15-12-10-4-1-3-9(10)7-11(13(12)18)14(16-8-17)5-2-6-14/h7,18H,1-6H2. The van der Waals surface area contributed by atoms with Crippen LogP contribution in [0.2, 0.25) is 5.02 Å². The van der Waals surface area contributed by atoms with E-state index in [-0.39, 0.29) is 5.75 Å². The van der Waals surface area contributed by atoms with Crippen LogP contribution in [0.1, 0.15) is 42.4 Å². The largest absolute Gasteiger partial charge is 0.506 e. The number of aliphatic imine (C=N–C) groups is 1. The third-order valence-electron chi connectivity index (χ3n) is 4.25. The first-order chi connectivity index (χ1) is 8.68. The topological polar surface area (TPSA) is 49.7 Å². The van der Waals surface area contributed by atoms with E-state index in [1.807, 2.05) is 6.07 Å². The number of isocyanates is 1. The van der Waals surface area contributed by atoms with E-state index in [1.165, 1.54) is 5.56 Å². The molecule has 1 fully saturated rings. The number of hydrogen-bond acceptors (Lipinski definition) is 3. The van der Waals surface area contributed by atoms with Crippen LogP contribution in [0.4, 0.5) is 0 Å². The van der Waals surface area contributed by atoms with E-state index >= 15 is 0 Å². The molecule has 3 nitrogen and oxygen atoms in total. The molecule has 0 saturated heterocycles. The smallest absolute Gasteiger partial charge is 0.235 e. The quantitative estimate of drug-likeness (QED) is 0.658. The minimum absolute atomic E-state index is 0.107. The van der Waals surface area contributed by atoms with Crippen LogP contribution in [0.3, 0.4) is 0 Å². The number of hydrogen-bond donors (Lipinski definition) is 1. The second-order valence-electron chi connectivity index (χ2n) is 5.17. The summed E-state index contributed by atoms with van der Waals surface area (Å²) in [6.45, 7) is 0. The fourth-order valence-corrected chi connectivity index (χ4v) is 3.39. The average molecular weight is 264 g/mol. The molecule has 1 aromatic rings. The lowest BCUT2D eigenvalue weighted by Crippen LogP contribution is -2.32. The molecule has 0 heterocycles. The van der Waals surface area contributed by atoms with Crippen molar-refractivity contribution >= 4 is 17.7 Å². The molecule has 1 N–H and O–H groups in total. The van der Waals surface area contributed by atoms with Crippen LogP contribution in [-0.4, -0.2) is 11.2 Å². The molecule has 0 amide bonds. The van der Waals surface area contributed by atoms with E-state index in [2.05, 4.69) is 4.99 Å². The van der Waals surface area contributed by atoms with Gasteiger partial charge in [-0.1, -0.05) is 11.6 Å². The monoisotopic (exact) mass is 263 g/mol. The fraction of sp³-hybridized carbons (Fsp3) is 0.500. The zero-order valence-electron chi connectivity index (χ0n) is 10.0. The first-order valence-electron chi connectivity index (χ1n) is 6.31. The van der Waals surface area contributed by atoms with Gasteiger partial charge in [0.25, 0.3) is 0 Å². The maximum absolute atomic E-state index is 10.6. The van der Waals surface area contributed by atoms with Gasteiger partial charge in [-0.25, -0.2) is 4.79 Å². The van der Waals surface area contributed by atoms with Gasteiger partial charge in [-0.3, -0.25) is 0 Å². The SMILES string of the molecule is O=C=NC1(c2cc3c(c(Cl)c2O)CCC3)CCC1. The van der Waals surface area contributed by atoms with Gasteiger partial charge in [-0.15, -0.1) is 0 Å². The van der Waals surface area contributed by atoms with E-state index in [0.717, 1.165) is 44.1 Å². The van der Waals surface area contributed by atoms with Gasteiger partial charge >= 0.3 is 0 Å². The lowest BCUT2D eigenvalue weighted by Gasteiger charge is -2.38. The molecule has 0 aromatic heterocycles.